The quantitative estimate of drug-likeness (QED) is 0.683. The van der Waals surface area contributed by atoms with Gasteiger partial charge in [-0.3, -0.25) is 9.88 Å². The normalized spacial score (nSPS) is 16.0. The van der Waals surface area contributed by atoms with E-state index < -0.39 is 5.41 Å². The van der Waals surface area contributed by atoms with Crippen LogP contribution < -0.4 is 0 Å². The highest BCUT2D eigenvalue weighted by Gasteiger charge is 2.48. The molecular weight excluding hydrogens is 342 g/mol. The van der Waals surface area contributed by atoms with E-state index in [2.05, 4.69) is 64.5 Å². The number of hydrogen-bond donors (Lipinski definition) is 0. The fourth-order valence-electron chi connectivity index (χ4n) is 3.78. The molecule has 4 rings (SSSR count). The molecule has 128 valence electrons. The van der Waals surface area contributed by atoms with Gasteiger partial charge in [0.15, 0.2) is 0 Å². The fourth-order valence-corrected chi connectivity index (χ4v) is 4.08. The predicted molar refractivity (Wildman–Crippen MR) is 103 cm³/mol. The number of benzene rings is 2. The van der Waals surface area contributed by atoms with E-state index in [9.17, 15) is 5.26 Å². The molecule has 1 fully saturated rings. The zero-order chi connectivity index (χ0) is 18.0. The van der Waals surface area contributed by atoms with Crippen LogP contribution >= 0.6 is 11.6 Å². The number of likely N-dealkylation sites (tertiary alicyclic amines) is 1. The lowest BCUT2D eigenvalue weighted by molar-refractivity contribution is 0.0710. The highest BCUT2D eigenvalue weighted by molar-refractivity contribution is 6.31. The van der Waals surface area contributed by atoms with Gasteiger partial charge in [0.25, 0.3) is 0 Å². The van der Waals surface area contributed by atoms with E-state index in [-0.39, 0.29) is 6.04 Å². The highest BCUT2D eigenvalue weighted by Crippen LogP contribution is 2.43. The van der Waals surface area contributed by atoms with E-state index in [1.54, 1.807) is 12.4 Å². The number of rotatable bonds is 4. The van der Waals surface area contributed by atoms with Gasteiger partial charge in [-0.15, -0.1) is 0 Å². The number of halogens is 1. The molecule has 1 aliphatic heterocycles. The van der Waals surface area contributed by atoms with Gasteiger partial charge in [-0.05, 0) is 22.8 Å². The molecule has 1 saturated heterocycles. The maximum Gasteiger partial charge on any atom is 0.109 e. The molecule has 0 amide bonds. The zero-order valence-corrected chi connectivity index (χ0v) is 15.0. The van der Waals surface area contributed by atoms with Crippen molar-refractivity contribution in [2.75, 3.05) is 13.1 Å². The monoisotopic (exact) mass is 359 g/mol. The van der Waals surface area contributed by atoms with Crippen molar-refractivity contribution in [3.05, 3.63) is 101 Å². The summed E-state index contributed by atoms with van der Waals surface area (Å²) in [6.45, 7) is 1.28. The topological polar surface area (TPSA) is 39.9 Å². The lowest BCUT2D eigenvalue weighted by atomic mass is 9.73. The van der Waals surface area contributed by atoms with Crippen molar-refractivity contribution < 1.29 is 0 Å². The first-order valence-electron chi connectivity index (χ1n) is 8.59. The van der Waals surface area contributed by atoms with Gasteiger partial charge in [0.05, 0.1) is 17.1 Å². The van der Waals surface area contributed by atoms with Crippen LogP contribution in [0.25, 0.3) is 0 Å². The van der Waals surface area contributed by atoms with Crippen molar-refractivity contribution in [2.24, 2.45) is 0 Å². The van der Waals surface area contributed by atoms with Crippen LogP contribution in [0, 0.1) is 11.3 Å². The van der Waals surface area contributed by atoms with E-state index in [0.717, 1.165) is 5.56 Å². The van der Waals surface area contributed by atoms with Gasteiger partial charge in [-0.2, -0.15) is 5.26 Å². The SMILES string of the molecule is N#CC1(c2ccncc2Cl)CN(C(c2ccccc2)c2ccccc2)C1. The van der Waals surface area contributed by atoms with E-state index in [0.29, 0.717) is 18.1 Å². The Balaban J connectivity index is 1.68. The maximum atomic E-state index is 9.90. The largest absolute Gasteiger partial charge is 0.288 e. The van der Waals surface area contributed by atoms with Crippen molar-refractivity contribution in [1.29, 1.82) is 5.26 Å². The predicted octanol–water partition coefficient (Wildman–Crippen LogP) is 4.60. The van der Waals surface area contributed by atoms with Crippen LogP contribution in [0.1, 0.15) is 22.7 Å². The van der Waals surface area contributed by atoms with Gasteiger partial charge in [-0.1, -0.05) is 72.3 Å². The Kier molecular flexibility index (Phi) is 4.46. The Morgan fingerprint density at radius 3 is 2.04 bits per heavy atom. The molecule has 3 aromatic rings. The van der Waals surface area contributed by atoms with Gasteiger partial charge >= 0.3 is 0 Å². The minimum absolute atomic E-state index is 0.125. The van der Waals surface area contributed by atoms with Crippen molar-refractivity contribution in [3.8, 4) is 6.07 Å². The molecule has 1 aliphatic rings. The molecule has 0 unspecified atom stereocenters. The summed E-state index contributed by atoms with van der Waals surface area (Å²) in [6.07, 6.45) is 3.32. The summed E-state index contributed by atoms with van der Waals surface area (Å²) >= 11 is 6.33. The lowest BCUT2D eigenvalue weighted by Gasteiger charge is -2.50. The molecular formula is C22H18ClN3. The lowest BCUT2D eigenvalue weighted by Crippen LogP contribution is -2.59. The summed E-state index contributed by atoms with van der Waals surface area (Å²) in [6, 6.07) is 25.3. The molecule has 0 spiro atoms. The summed E-state index contributed by atoms with van der Waals surface area (Å²) < 4.78 is 0. The van der Waals surface area contributed by atoms with E-state index in [1.165, 1.54) is 11.1 Å². The first kappa shape index (κ1) is 16.8. The van der Waals surface area contributed by atoms with Gasteiger partial charge in [0.1, 0.15) is 5.41 Å². The van der Waals surface area contributed by atoms with Crippen LogP contribution in [0.15, 0.2) is 79.1 Å². The van der Waals surface area contributed by atoms with Gasteiger partial charge in [0.2, 0.25) is 0 Å². The Labute approximate surface area is 158 Å². The van der Waals surface area contributed by atoms with Crippen molar-refractivity contribution >= 4 is 11.6 Å². The Bertz CT molecular complexity index is 889. The van der Waals surface area contributed by atoms with Gasteiger partial charge in [-0.25, -0.2) is 0 Å². The molecule has 26 heavy (non-hydrogen) atoms. The van der Waals surface area contributed by atoms with Crippen molar-refractivity contribution in [1.82, 2.24) is 9.88 Å². The molecule has 0 saturated carbocycles. The molecule has 0 bridgehead atoms. The molecule has 0 aliphatic carbocycles. The third-order valence-electron chi connectivity index (χ3n) is 5.04. The summed E-state index contributed by atoms with van der Waals surface area (Å²) in [5.74, 6) is 0. The minimum Gasteiger partial charge on any atom is -0.288 e. The Morgan fingerprint density at radius 1 is 0.962 bits per heavy atom. The Morgan fingerprint density at radius 2 is 1.54 bits per heavy atom. The second kappa shape index (κ2) is 6.92. The van der Waals surface area contributed by atoms with Crippen molar-refractivity contribution in [3.63, 3.8) is 0 Å². The molecule has 1 aromatic heterocycles. The third kappa shape index (κ3) is 2.88. The van der Waals surface area contributed by atoms with Crippen LogP contribution in [0.3, 0.4) is 0 Å². The smallest absolute Gasteiger partial charge is 0.109 e. The van der Waals surface area contributed by atoms with Crippen LogP contribution in [-0.4, -0.2) is 23.0 Å². The minimum atomic E-state index is -0.582. The number of hydrogen-bond acceptors (Lipinski definition) is 3. The first-order valence-corrected chi connectivity index (χ1v) is 8.96. The van der Waals surface area contributed by atoms with E-state index >= 15 is 0 Å². The fraction of sp³-hybridized carbons (Fsp3) is 0.182. The Hall–Kier alpha value is -2.67. The van der Waals surface area contributed by atoms with Crippen LogP contribution in [0.5, 0.6) is 0 Å². The molecule has 2 heterocycles. The zero-order valence-electron chi connectivity index (χ0n) is 14.2. The molecule has 2 aromatic carbocycles. The van der Waals surface area contributed by atoms with E-state index in [4.69, 9.17) is 11.6 Å². The number of pyridine rings is 1. The molecule has 0 N–H and O–H groups in total. The average Bonchev–Trinajstić information content (AvgIpc) is 2.67. The highest BCUT2D eigenvalue weighted by atomic mass is 35.5. The second-order valence-electron chi connectivity index (χ2n) is 6.68. The van der Waals surface area contributed by atoms with Crippen molar-refractivity contribution in [2.45, 2.75) is 11.5 Å². The molecule has 3 nitrogen and oxygen atoms in total. The maximum absolute atomic E-state index is 9.90. The summed E-state index contributed by atoms with van der Waals surface area (Å²) in [5.41, 5.74) is 2.74. The summed E-state index contributed by atoms with van der Waals surface area (Å²) in [4.78, 5) is 6.38. The first-order chi connectivity index (χ1) is 12.7. The van der Waals surface area contributed by atoms with Crippen LogP contribution in [0.2, 0.25) is 5.02 Å². The standard InChI is InChI=1S/C22H18ClN3/c23-20-13-25-12-11-19(20)22(14-24)15-26(16-22)21(17-7-3-1-4-8-17)18-9-5-2-6-10-18/h1-13,21H,15-16H2. The van der Waals surface area contributed by atoms with Gasteiger partial charge < -0.3 is 0 Å². The number of aromatic nitrogens is 1. The van der Waals surface area contributed by atoms with Crippen LogP contribution in [-0.2, 0) is 5.41 Å². The number of nitriles is 1. The summed E-state index contributed by atoms with van der Waals surface area (Å²) in [5, 5.41) is 10.5. The second-order valence-corrected chi connectivity index (χ2v) is 7.09. The molecule has 4 heteroatoms. The molecule has 0 atom stereocenters. The average molecular weight is 360 g/mol. The van der Waals surface area contributed by atoms with Gasteiger partial charge in [0, 0.05) is 25.5 Å². The van der Waals surface area contributed by atoms with E-state index in [1.807, 2.05) is 18.2 Å². The summed E-state index contributed by atoms with van der Waals surface area (Å²) in [7, 11) is 0. The number of nitrogens with zero attached hydrogens (tertiary/aromatic N) is 3. The third-order valence-corrected chi connectivity index (χ3v) is 5.35. The molecule has 0 radical (unpaired) electrons. The van der Waals surface area contributed by atoms with Crippen LogP contribution in [0.4, 0.5) is 0 Å².